The maximum absolute atomic E-state index is 12.1. The molecular weight excluding hydrogens is 355 g/mol. The Labute approximate surface area is 172 Å². The molecule has 1 amide bonds. The van der Waals surface area contributed by atoms with Crippen LogP contribution in [0.15, 0.2) is 24.5 Å². The van der Waals surface area contributed by atoms with Gasteiger partial charge in [-0.3, -0.25) is 4.79 Å². The zero-order chi connectivity index (χ0) is 17.3. The third-order valence-corrected chi connectivity index (χ3v) is 4.35. The van der Waals surface area contributed by atoms with E-state index in [0.717, 1.165) is 11.3 Å². The summed E-state index contributed by atoms with van der Waals surface area (Å²) in [6.07, 6.45) is 3.83. The number of aryl methyl sites for hydroxylation is 1. The first-order chi connectivity index (χ1) is 11.4. The number of amides is 1. The number of carbonyl (C=O) groups excluding carboxylic acids is 2. The van der Waals surface area contributed by atoms with Crippen molar-refractivity contribution in [1.82, 2.24) is 20.1 Å². The van der Waals surface area contributed by atoms with Crippen LogP contribution in [0.25, 0.3) is 5.82 Å². The molecule has 0 saturated heterocycles. The third kappa shape index (κ3) is 4.61. The van der Waals surface area contributed by atoms with Crippen LogP contribution >= 0.6 is 11.6 Å². The van der Waals surface area contributed by atoms with Gasteiger partial charge in [-0.1, -0.05) is 17.7 Å². The van der Waals surface area contributed by atoms with E-state index in [1.165, 1.54) is 6.20 Å². The van der Waals surface area contributed by atoms with Crippen LogP contribution in [-0.4, -0.2) is 26.6 Å². The Morgan fingerprint density at radius 1 is 1.36 bits per heavy atom. The summed E-state index contributed by atoms with van der Waals surface area (Å²) in [7, 11) is 0. The van der Waals surface area contributed by atoms with Crippen molar-refractivity contribution in [2.24, 2.45) is 11.8 Å². The zero-order valence-corrected chi connectivity index (χ0v) is 16.8. The molecule has 1 N–H and O–H groups in total. The molecule has 7 nitrogen and oxygen atoms in total. The van der Waals surface area contributed by atoms with Crippen LogP contribution in [0.1, 0.15) is 24.1 Å². The van der Waals surface area contributed by atoms with Crippen LogP contribution in [-0.2, 0) is 16.1 Å². The normalized spacial score (nSPS) is 18.8. The summed E-state index contributed by atoms with van der Waals surface area (Å²) in [5.41, 5.74) is 1.62. The molecule has 25 heavy (non-hydrogen) atoms. The van der Waals surface area contributed by atoms with E-state index in [4.69, 9.17) is 11.6 Å². The third-order valence-electron chi connectivity index (χ3n) is 4.16. The molecular formula is C16H16ClN4NaO3. The topological polar surface area (TPSA) is 99.9 Å². The van der Waals surface area contributed by atoms with E-state index in [-0.39, 0.29) is 47.9 Å². The van der Waals surface area contributed by atoms with Crippen molar-refractivity contribution in [3.8, 4) is 5.82 Å². The molecule has 0 unspecified atom stereocenters. The van der Waals surface area contributed by atoms with Gasteiger partial charge in [-0.15, -0.1) is 0 Å². The Hall–Kier alpha value is -1.41. The number of carboxylic acid groups (broad SMARTS) is 1. The summed E-state index contributed by atoms with van der Waals surface area (Å²) < 4.78 is 1.56. The average Bonchev–Trinajstić information content (AvgIpc) is 2.90. The summed E-state index contributed by atoms with van der Waals surface area (Å²) in [4.78, 5) is 27.2. The molecule has 1 aliphatic rings. The Bertz CT molecular complexity index is 789. The van der Waals surface area contributed by atoms with Crippen molar-refractivity contribution in [2.45, 2.75) is 26.3 Å². The molecule has 1 saturated carbocycles. The maximum atomic E-state index is 12.1. The first-order valence-electron chi connectivity index (χ1n) is 7.59. The molecule has 2 heterocycles. The van der Waals surface area contributed by atoms with Gasteiger partial charge in [0.15, 0.2) is 5.82 Å². The molecule has 126 valence electrons. The van der Waals surface area contributed by atoms with Crippen LogP contribution in [0.5, 0.6) is 0 Å². The maximum Gasteiger partial charge on any atom is 1.00 e. The Morgan fingerprint density at radius 2 is 2.08 bits per heavy atom. The van der Waals surface area contributed by atoms with E-state index in [1.807, 2.05) is 19.1 Å². The van der Waals surface area contributed by atoms with Gasteiger partial charge in [0.25, 0.3) is 0 Å². The van der Waals surface area contributed by atoms with Crippen LogP contribution in [0.4, 0.5) is 0 Å². The molecule has 2 aromatic heterocycles. The van der Waals surface area contributed by atoms with Gasteiger partial charge in [0.1, 0.15) is 0 Å². The smallest absolute Gasteiger partial charge is 0.550 e. The molecule has 0 aliphatic heterocycles. The molecule has 1 aliphatic carbocycles. The van der Waals surface area contributed by atoms with E-state index >= 15 is 0 Å². The molecule has 0 spiro atoms. The van der Waals surface area contributed by atoms with Gasteiger partial charge in [-0.05, 0) is 25.8 Å². The number of hydrogen-bond acceptors (Lipinski definition) is 5. The number of nitrogens with one attached hydrogen (secondary N) is 1. The summed E-state index contributed by atoms with van der Waals surface area (Å²) in [6.45, 7) is 2.15. The molecule has 9 heteroatoms. The molecule has 1 fully saturated rings. The largest absolute Gasteiger partial charge is 1.00 e. The average molecular weight is 371 g/mol. The van der Waals surface area contributed by atoms with Gasteiger partial charge < -0.3 is 15.2 Å². The first-order valence-corrected chi connectivity index (χ1v) is 7.97. The van der Waals surface area contributed by atoms with Gasteiger partial charge in [0, 0.05) is 35.6 Å². The Kier molecular flexibility index (Phi) is 6.62. The van der Waals surface area contributed by atoms with E-state index in [1.54, 1.807) is 10.9 Å². The van der Waals surface area contributed by atoms with Crippen LogP contribution in [0.2, 0.25) is 5.02 Å². The molecule has 3 rings (SSSR count). The van der Waals surface area contributed by atoms with Crippen LogP contribution in [0.3, 0.4) is 0 Å². The fourth-order valence-electron chi connectivity index (χ4n) is 2.68. The van der Waals surface area contributed by atoms with Crippen molar-refractivity contribution < 1.29 is 44.3 Å². The molecule has 2 aromatic rings. The number of rotatable bonds is 5. The second-order valence-corrected chi connectivity index (χ2v) is 6.38. The summed E-state index contributed by atoms with van der Waals surface area (Å²) in [6, 6.07) is 3.73. The molecule has 0 bridgehead atoms. The quantitative estimate of drug-likeness (QED) is 0.593. The van der Waals surface area contributed by atoms with E-state index < -0.39 is 11.9 Å². The number of halogens is 1. The minimum atomic E-state index is -1.08. The second kappa shape index (κ2) is 8.31. The SMILES string of the molecule is Cc1ccc(CNC(=O)C2CC(C(=O)[O-])C2)c(-n2cc(Cl)cn2)n1.[Na+]. The fraction of sp³-hybridized carbons (Fsp3) is 0.375. The van der Waals surface area contributed by atoms with Gasteiger partial charge in [0.2, 0.25) is 5.91 Å². The zero-order valence-electron chi connectivity index (χ0n) is 14.0. The van der Waals surface area contributed by atoms with Crippen molar-refractivity contribution in [3.63, 3.8) is 0 Å². The van der Waals surface area contributed by atoms with Crippen molar-refractivity contribution in [2.75, 3.05) is 0 Å². The molecule has 0 radical (unpaired) electrons. The van der Waals surface area contributed by atoms with Gasteiger partial charge in [-0.25, -0.2) is 9.67 Å². The van der Waals surface area contributed by atoms with Crippen LogP contribution < -0.4 is 40.0 Å². The molecule has 0 aromatic carbocycles. The van der Waals surface area contributed by atoms with E-state index in [9.17, 15) is 14.7 Å². The minimum Gasteiger partial charge on any atom is -0.550 e. The number of aliphatic carboxylic acids is 1. The summed E-state index contributed by atoms with van der Waals surface area (Å²) >= 11 is 5.90. The second-order valence-electron chi connectivity index (χ2n) is 5.94. The predicted molar refractivity (Wildman–Crippen MR) is 84.2 cm³/mol. The van der Waals surface area contributed by atoms with Crippen molar-refractivity contribution >= 4 is 23.5 Å². The number of carboxylic acids is 1. The number of aromatic nitrogens is 3. The Morgan fingerprint density at radius 3 is 2.68 bits per heavy atom. The van der Waals surface area contributed by atoms with Crippen molar-refractivity contribution in [3.05, 3.63) is 40.8 Å². The number of carbonyl (C=O) groups is 2. The number of nitrogens with zero attached hydrogens (tertiary/aromatic N) is 3. The number of pyridine rings is 1. The van der Waals surface area contributed by atoms with Gasteiger partial charge in [-0.2, -0.15) is 5.10 Å². The van der Waals surface area contributed by atoms with Crippen LogP contribution in [0, 0.1) is 18.8 Å². The standard InChI is InChI=1S/C16H17ClN4O3.Na/c1-9-2-3-10(14(20-9)21-8-13(17)7-19-21)6-18-15(22)11-4-12(5-11)16(23)24;/h2-3,7-8,11-12H,4-6H2,1H3,(H,18,22)(H,23,24);/q;+1/p-1. The summed E-state index contributed by atoms with van der Waals surface area (Å²) in [5, 5.41) is 18.2. The first kappa shape index (κ1) is 19.9. The minimum absolute atomic E-state index is 0. The van der Waals surface area contributed by atoms with E-state index in [0.29, 0.717) is 23.7 Å². The number of hydrogen-bond donors (Lipinski definition) is 1. The van der Waals surface area contributed by atoms with E-state index in [2.05, 4.69) is 15.4 Å². The van der Waals surface area contributed by atoms with Crippen molar-refractivity contribution in [1.29, 1.82) is 0 Å². The fourth-order valence-corrected chi connectivity index (χ4v) is 2.81. The summed E-state index contributed by atoms with van der Waals surface area (Å²) in [5.74, 6) is -1.42. The Balaban J connectivity index is 0.00000225. The monoisotopic (exact) mass is 370 g/mol. The van der Waals surface area contributed by atoms with Gasteiger partial charge in [0.05, 0.1) is 17.4 Å². The van der Waals surface area contributed by atoms with Gasteiger partial charge >= 0.3 is 29.6 Å². The molecule has 0 atom stereocenters. The predicted octanol–water partition coefficient (Wildman–Crippen LogP) is -2.37.